The van der Waals surface area contributed by atoms with Crippen molar-refractivity contribution in [2.45, 2.75) is 46.1 Å². The molecule has 0 unspecified atom stereocenters. The molecular weight excluding hydrogens is 388 g/mol. The van der Waals surface area contributed by atoms with E-state index in [-0.39, 0.29) is 24.0 Å². The van der Waals surface area contributed by atoms with E-state index >= 15 is 0 Å². The second kappa shape index (κ2) is 9.89. The first-order valence-electron chi connectivity index (χ1n) is 9.41. The highest BCUT2D eigenvalue weighted by atomic mass is 32.2. The van der Waals surface area contributed by atoms with Crippen molar-refractivity contribution in [1.82, 2.24) is 5.32 Å². The Morgan fingerprint density at radius 1 is 1.17 bits per heavy atom. The SMILES string of the molecule is CO[S-](=O)=Nc1ccc([C@@H](C)NC(=O)COc2ccc(C(C)(C)C)cc2)cc1C. The van der Waals surface area contributed by atoms with Gasteiger partial charge in [0.1, 0.15) is 5.75 Å². The van der Waals surface area contributed by atoms with E-state index in [2.05, 4.69) is 34.6 Å². The molecule has 0 heterocycles. The topological polar surface area (TPSA) is 77.0 Å². The molecular formula is C22H29N2O4S-. The van der Waals surface area contributed by atoms with Gasteiger partial charge in [-0.15, -0.1) is 0 Å². The molecule has 29 heavy (non-hydrogen) atoms. The van der Waals surface area contributed by atoms with Crippen LogP contribution in [0.4, 0.5) is 5.69 Å². The smallest absolute Gasteiger partial charge is 0.258 e. The van der Waals surface area contributed by atoms with Gasteiger partial charge >= 0.3 is 0 Å². The molecule has 2 aromatic rings. The Morgan fingerprint density at radius 3 is 2.38 bits per heavy atom. The van der Waals surface area contributed by atoms with Gasteiger partial charge in [0.05, 0.1) is 6.04 Å². The van der Waals surface area contributed by atoms with Gasteiger partial charge < -0.3 is 22.8 Å². The average molecular weight is 418 g/mol. The lowest BCUT2D eigenvalue weighted by Crippen LogP contribution is -2.31. The Bertz CT molecular complexity index is 927. The van der Waals surface area contributed by atoms with Crippen LogP contribution in [0, 0.1) is 6.92 Å². The predicted octanol–water partition coefficient (Wildman–Crippen LogP) is 4.89. The molecule has 0 radical (unpaired) electrons. The first-order chi connectivity index (χ1) is 13.6. The third-order valence-corrected chi connectivity index (χ3v) is 5.13. The molecule has 6 nitrogen and oxygen atoms in total. The van der Waals surface area contributed by atoms with E-state index < -0.39 is 10.9 Å². The molecule has 0 saturated carbocycles. The molecule has 0 fully saturated rings. The number of ether oxygens (including phenoxy) is 1. The summed E-state index contributed by atoms with van der Waals surface area (Å²) in [4.78, 5) is 12.3. The van der Waals surface area contributed by atoms with Crippen LogP contribution >= 0.6 is 0 Å². The van der Waals surface area contributed by atoms with Gasteiger partial charge in [-0.2, -0.15) is 0 Å². The van der Waals surface area contributed by atoms with E-state index in [1.807, 2.05) is 50.2 Å². The Hall–Kier alpha value is -2.38. The van der Waals surface area contributed by atoms with Gasteiger partial charge in [0.25, 0.3) is 5.91 Å². The standard InChI is InChI=1S/C22H29N2O4S/c1-15-13-17(7-12-20(15)24-29(26)27-6)16(2)23-21(25)14-28-19-10-8-18(9-11-19)22(3,4)5/h7-13,16H,14H2,1-6H3,(H,23,25)/q-1/t16-/m1/s1. The summed E-state index contributed by atoms with van der Waals surface area (Å²) in [7, 11) is -0.368. The molecule has 0 aliphatic carbocycles. The number of benzene rings is 2. The van der Waals surface area contributed by atoms with Gasteiger partial charge in [0, 0.05) is 12.8 Å². The Balaban J connectivity index is 1.93. The highest BCUT2D eigenvalue weighted by Gasteiger charge is 2.14. The van der Waals surface area contributed by atoms with E-state index in [4.69, 9.17) is 4.74 Å². The van der Waals surface area contributed by atoms with Crippen molar-refractivity contribution in [1.29, 1.82) is 0 Å². The molecule has 0 aliphatic heterocycles. The maximum absolute atomic E-state index is 12.3. The molecule has 2 rings (SSSR count). The van der Waals surface area contributed by atoms with E-state index in [1.54, 1.807) is 6.07 Å². The van der Waals surface area contributed by atoms with Crippen LogP contribution in [0.25, 0.3) is 0 Å². The molecule has 1 N–H and O–H groups in total. The van der Waals surface area contributed by atoms with Crippen molar-refractivity contribution in [3.63, 3.8) is 0 Å². The van der Waals surface area contributed by atoms with Crippen LogP contribution in [-0.4, -0.2) is 19.6 Å². The highest BCUT2D eigenvalue weighted by Crippen LogP contribution is 2.25. The molecule has 1 atom stereocenters. The van der Waals surface area contributed by atoms with Crippen molar-refractivity contribution in [3.8, 4) is 5.75 Å². The largest absolute Gasteiger partial charge is 0.484 e. The van der Waals surface area contributed by atoms with E-state index in [1.165, 1.54) is 12.7 Å². The quantitative estimate of drug-likeness (QED) is 0.651. The fourth-order valence-corrected chi connectivity index (χ4v) is 3.17. The van der Waals surface area contributed by atoms with Crippen LogP contribution in [0.1, 0.15) is 50.4 Å². The second-order valence-corrected chi connectivity index (χ2v) is 8.82. The molecule has 7 heteroatoms. The summed E-state index contributed by atoms with van der Waals surface area (Å²) >= 11 is 0. The lowest BCUT2D eigenvalue weighted by Gasteiger charge is -2.19. The van der Waals surface area contributed by atoms with Gasteiger partial charge in [-0.05, 0) is 54.2 Å². The van der Waals surface area contributed by atoms with Gasteiger partial charge in [0.2, 0.25) is 0 Å². The second-order valence-electron chi connectivity index (χ2n) is 7.87. The number of amides is 1. The normalized spacial score (nSPS) is 13.7. The number of nitrogens with one attached hydrogen (secondary N) is 1. The molecule has 0 bridgehead atoms. The van der Waals surface area contributed by atoms with Crippen LogP contribution in [0.2, 0.25) is 0 Å². The number of carbonyl (C=O) groups excluding carboxylic acids is 1. The Labute approximate surface area is 175 Å². The lowest BCUT2D eigenvalue weighted by atomic mass is 9.87. The third-order valence-electron chi connectivity index (χ3n) is 4.50. The fraction of sp³-hybridized carbons (Fsp3) is 0.409. The zero-order valence-electron chi connectivity index (χ0n) is 17.8. The summed E-state index contributed by atoms with van der Waals surface area (Å²) < 4.78 is 25.6. The Kier molecular flexibility index (Phi) is 7.81. The van der Waals surface area contributed by atoms with E-state index in [0.717, 1.165) is 11.1 Å². The maximum atomic E-state index is 12.3. The van der Waals surface area contributed by atoms with Crippen molar-refractivity contribution < 1.29 is 17.9 Å². The van der Waals surface area contributed by atoms with Gasteiger partial charge in [-0.1, -0.05) is 55.9 Å². The third kappa shape index (κ3) is 6.87. The van der Waals surface area contributed by atoms with Gasteiger partial charge in [-0.25, -0.2) is 0 Å². The molecule has 2 aromatic carbocycles. The molecule has 0 saturated heterocycles. The van der Waals surface area contributed by atoms with E-state index in [9.17, 15) is 9.00 Å². The number of hydrogen-bond donors (Lipinski definition) is 1. The molecule has 158 valence electrons. The summed E-state index contributed by atoms with van der Waals surface area (Å²) in [5.41, 5.74) is 3.65. The number of nitrogens with zero attached hydrogens (tertiary/aromatic N) is 1. The van der Waals surface area contributed by atoms with Gasteiger partial charge in [-0.3, -0.25) is 4.79 Å². The van der Waals surface area contributed by atoms with Gasteiger partial charge in [0.15, 0.2) is 6.61 Å². The monoisotopic (exact) mass is 417 g/mol. The zero-order valence-corrected chi connectivity index (χ0v) is 18.6. The number of aryl methyl sites for hydroxylation is 1. The van der Waals surface area contributed by atoms with Crippen molar-refractivity contribution in [2.24, 2.45) is 4.36 Å². The fourth-order valence-electron chi connectivity index (χ4n) is 2.73. The number of hydrogen-bond acceptors (Lipinski definition) is 6. The first kappa shape index (κ1) is 22.9. The maximum Gasteiger partial charge on any atom is 0.258 e. The van der Waals surface area contributed by atoms with Crippen LogP contribution in [0.3, 0.4) is 0 Å². The van der Waals surface area contributed by atoms with E-state index in [0.29, 0.717) is 11.4 Å². The van der Waals surface area contributed by atoms with Crippen LogP contribution < -0.4 is 10.1 Å². The van der Waals surface area contributed by atoms with Crippen molar-refractivity contribution >= 4 is 22.5 Å². The minimum atomic E-state index is -1.70. The van der Waals surface area contributed by atoms with Crippen LogP contribution in [-0.2, 0) is 29.5 Å². The summed E-state index contributed by atoms with van der Waals surface area (Å²) in [5.74, 6) is 0.457. The molecule has 0 aromatic heterocycles. The van der Waals surface area contributed by atoms with Crippen molar-refractivity contribution in [2.75, 3.05) is 13.7 Å². The van der Waals surface area contributed by atoms with Crippen LogP contribution in [0.15, 0.2) is 46.8 Å². The summed E-state index contributed by atoms with van der Waals surface area (Å²) in [5, 5.41) is 2.92. The highest BCUT2D eigenvalue weighted by molar-refractivity contribution is 7.69. The summed E-state index contributed by atoms with van der Waals surface area (Å²) in [6, 6.07) is 13.1. The van der Waals surface area contributed by atoms with Crippen LogP contribution in [0.5, 0.6) is 5.75 Å². The molecule has 0 aliphatic rings. The number of carbonyl (C=O) groups is 1. The predicted molar refractivity (Wildman–Crippen MR) is 116 cm³/mol. The Morgan fingerprint density at radius 2 is 1.83 bits per heavy atom. The zero-order chi connectivity index (χ0) is 21.6. The average Bonchev–Trinajstić information content (AvgIpc) is 2.67. The first-order valence-corrected chi connectivity index (χ1v) is 10.4. The summed E-state index contributed by atoms with van der Waals surface area (Å²) in [6.07, 6.45) is 0. The van der Waals surface area contributed by atoms with Crippen molar-refractivity contribution in [3.05, 3.63) is 59.2 Å². The molecule has 0 spiro atoms. The number of rotatable bonds is 7. The minimum Gasteiger partial charge on any atom is -0.484 e. The molecule has 1 amide bonds. The summed E-state index contributed by atoms with van der Waals surface area (Å²) in [6.45, 7) is 10.2. The minimum absolute atomic E-state index is 0.0571. The lowest BCUT2D eigenvalue weighted by molar-refractivity contribution is -0.123.